The zero-order valence-corrected chi connectivity index (χ0v) is 18.1. The molecule has 2 aromatic rings. The lowest BCUT2D eigenvalue weighted by Gasteiger charge is -2.08. The van der Waals surface area contributed by atoms with E-state index in [0.29, 0.717) is 11.3 Å². The summed E-state index contributed by atoms with van der Waals surface area (Å²) in [7, 11) is 0. The Morgan fingerprint density at radius 2 is 1.28 bits per heavy atom. The van der Waals surface area contributed by atoms with Gasteiger partial charge in [-0.05, 0) is 61.2 Å². The van der Waals surface area contributed by atoms with Crippen LogP contribution in [0.2, 0.25) is 0 Å². The van der Waals surface area contributed by atoms with Crippen LogP contribution in [0.15, 0.2) is 48.5 Å². The number of ether oxygens (including phenoxy) is 2. The van der Waals surface area contributed by atoms with E-state index < -0.39 is 0 Å². The van der Waals surface area contributed by atoms with E-state index in [0.717, 1.165) is 25.2 Å². The number of hydrogen-bond acceptors (Lipinski definition) is 3. The molecule has 0 atom stereocenters. The summed E-state index contributed by atoms with van der Waals surface area (Å²) in [6.45, 7) is 5.15. The predicted molar refractivity (Wildman–Crippen MR) is 120 cm³/mol. The van der Waals surface area contributed by atoms with E-state index >= 15 is 0 Å². The van der Waals surface area contributed by atoms with Crippen molar-refractivity contribution in [2.45, 2.75) is 78.1 Å². The number of hydrogen-bond donors (Lipinski definition) is 0. The molecule has 0 aliphatic carbocycles. The van der Waals surface area contributed by atoms with Crippen molar-refractivity contribution in [2.75, 3.05) is 6.61 Å². The molecule has 0 radical (unpaired) electrons. The van der Waals surface area contributed by atoms with Crippen LogP contribution in [-0.2, 0) is 6.42 Å². The number of unbranched alkanes of at least 4 members (excludes halogenated alkanes) is 7. The van der Waals surface area contributed by atoms with Gasteiger partial charge in [-0.3, -0.25) is 0 Å². The van der Waals surface area contributed by atoms with E-state index in [-0.39, 0.29) is 5.97 Å². The van der Waals surface area contributed by atoms with Gasteiger partial charge in [-0.25, -0.2) is 4.79 Å². The highest BCUT2D eigenvalue weighted by Crippen LogP contribution is 2.18. The molecule has 158 valence electrons. The van der Waals surface area contributed by atoms with Gasteiger partial charge in [-0.2, -0.15) is 0 Å². The largest absolute Gasteiger partial charge is 0.494 e. The van der Waals surface area contributed by atoms with Crippen LogP contribution in [0.1, 0.15) is 87.6 Å². The van der Waals surface area contributed by atoms with Gasteiger partial charge >= 0.3 is 5.97 Å². The summed E-state index contributed by atoms with van der Waals surface area (Å²) in [6, 6.07) is 15.1. The molecule has 0 N–H and O–H groups in total. The van der Waals surface area contributed by atoms with Gasteiger partial charge in [0.05, 0.1) is 12.2 Å². The highest BCUT2D eigenvalue weighted by Gasteiger charge is 2.09. The van der Waals surface area contributed by atoms with Crippen LogP contribution in [0.5, 0.6) is 11.5 Å². The smallest absolute Gasteiger partial charge is 0.343 e. The SMILES string of the molecule is CCCCCCCc1ccc(OC(=O)c2ccc(OCCCCCC)cc2)cc1. The number of carbonyl (C=O) groups is 1. The average Bonchev–Trinajstić information content (AvgIpc) is 2.75. The van der Waals surface area contributed by atoms with Gasteiger partial charge in [-0.1, -0.05) is 70.9 Å². The van der Waals surface area contributed by atoms with Crippen LogP contribution >= 0.6 is 0 Å². The van der Waals surface area contributed by atoms with Gasteiger partial charge < -0.3 is 9.47 Å². The van der Waals surface area contributed by atoms with Crippen LogP contribution in [0, 0.1) is 0 Å². The van der Waals surface area contributed by atoms with Crippen molar-refractivity contribution in [3.8, 4) is 11.5 Å². The Balaban J connectivity index is 1.74. The van der Waals surface area contributed by atoms with Gasteiger partial charge in [0.25, 0.3) is 0 Å². The average molecular weight is 397 g/mol. The second-order valence-electron chi connectivity index (χ2n) is 7.63. The minimum Gasteiger partial charge on any atom is -0.494 e. The normalized spacial score (nSPS) is 10.7. The lowest BCUT2D eigenvalue weighted by atomic mass is 10.1. The zero-order valence-electron chi connectivity index (χ0n) is 18.1. The van der Waals surface area contributed by atoms with Crippen molar-refractivity contribution in [3.63, 3.8) is 0 Å². The van der Waals surface area contributed by atoms with E-state index in [1.165, 1.54) is 56.9 Å². The Morgan fingerprint density at radius 3 is 1.93 bits per heavy atom. The first-order valence-corrected chi connectivity index (χ1v) is 11.3. The quantitative estimate of drug-likeness (QED) is 0.190. The van der Waals surface area contributed by atoms with E-state index in [2.05, 4.69) is 26.0 Å². The monoisotopic (exact) mass is 396 g/mol. The Labute approximate surface area is 176 Å². The molecule has 0 unspecified atom stereocenters. The van der Waals surface area contributed by atoms with Gasteiger partial charge in [0, 0.05) is 0 Å². The van der Waals surface area contributed by atoms with Crippen LogP contribution in [-0.4, -0.2) is 12.6 Å². The second-order valence-corrected chi connectivity index (χ2v) is 7.63. The van der Waals surface area contributed by atoms with E-state index in [1.807, 2.05) is 24.3 Å². The van der Waals surface area contributed by atoms with Crippen LogP contribution in [0.4, 0.5) is 0 Å². The first kappa shape index (κ1) is 23.0. The molecule has 3 heteroatoms. The number of carbonyl (C=O) groups excluding carboxylic acids is 1. The minimum atomic E-state index is -0.341. The third kappa shape index (κ3) is 9.17. The van der Waals surface area contributed by atoms with E-state index in [4.69, 9.17) is 9.47 Å². The highest BCUT2D eigenvalue weighted by atomic mass is 16.5. The molecule has 2 aromatic carbocycles. The summed E-state index contributed by atoms with van der Waals surface area (Å²) < 4.78 is 11.2. The third-order valence-corrected chi connectivity index (χ3v) is 5.06. The molecule has 0 fully saturated rings. The fraction of sp³-hybridized carbons (Fsp3) is 0.500. The maximum atomic E-state index is 12.4. The zero-order chi connectivity index (χ0) is 20.7. The Bertz CT molecular complexity index is 689. The first-order valence-electron chi connectivity index (χ1n) is 11.3. The molecular weight excluding hydrogens is 360 g/mol. The first-order chi connectivity index (χ1) is 14.2. The van der Waals surface area contributed by atoms with Crippen molar-refractivity contribution in [1.82, 2.24) is 0 Å². The van der Waals surface area contributed by atoms with Gasteiger partial charge in [0.15, 0.2) is 0 Å². The minimum absolute atomic E-state index is 0.341. The molecule has 0 amide bonds. The fourth-order valence-corrected chi connectivity index (χ4v) is 3.23. The van der Waals surface area contributed by atoms with Crippen molar-refractivity contribution in [2.24, 2.45) is 0 Å². The van der Waals surface area contributed by atoms with Crippen molar-refractivity contribution < 1.29 is 14.3 Å². The molecule has 3 nitrogen and oxygen atoms in total. The molecular formula is C26H36O3. The van der Waals surface area contributed by atoms with Gasteiger partial charge in [0.2, 0.25) is 0 Å². The number of benzene rings is 2. The molecule has 0 bridgehead atoms. The van der Waals surface area contributed by atoms with E-state index in [1.54, 1.807) is 12.1 Å². The Hall–Kier alpha value is -2.29. The molecule has 0 aromatic heterocycles. The summed E-state index contributed by atoms with van der Waals surface area (Å²) in [6.07, 6.45) is 12.2. The third-order valence-electron chi connectivity index (χ3n) is 5.06. The Kier molecular flexibility index (Phi) is 11.0. The van der Waals surface area contributed by atoms with Gasteiger partial charge in [-0.15, -0.1) is 0 Å². The molecule has 0 aliphatic heterocycles. The number of esters is 1. The molecule has 0 spiro atoms. The molecule has 29 heavy (non-hydrogen) atoms. The maximum Gasteiger partial charge on any atom is 0.343 e. The van der Waals surface area contributed by atoms with Crippen molar-refractivity contribution in [1.29, 1.82) is 0 Å². The van der Waals surface area contributed by atoms with Crippen molar-refractivity contribution >= 4 is 5.97 Å². The van der Waals surface area contributed by atoms with Crippen molar-refractivity contribution in [3.05, 3.63) is 59.7 Å². The summed E-state index contributed by atoms with van der Waals surface area (Å²) in [5.41, 5.74) is 1.82. The Morgan fingerprint density at radius 1 is 0.690 bits per heavy atom. The van der Waals surface area contributed by atoms with E-state index in [9.17, 15) is 4.79 Å². The standard InChI is InChI=1S/C26H36O3/c1-3-5-7-9-10-12-22-13-17-25(18-14-22)29-26(27)23-15-19-24(20-16-23)28-21-11-8-6-4-2/h13-20H,3-12,21H2,1-2H3. The molecule has 0 saturated heterocycles. The van der Waals surface area contributed by atoms with Crippen LogP contribution in [0.25, 0.3) is 0 Å². The predicted octanol–water partition coefficient (Wildman–Crippen LogP) is 7.38. The van der Waals surface area contributed by atoms with Crippen LogP contribution in [0.3, 0.4) is 0 Å². The summed E-state index contributed by atoms with van der Waals surface area (Å²) in [5, 5.41) is 0. The molecule has 0 heterocycles. The summed E-state index contributed by atoms with van der Waals surface area (Å²) >= 11 is 0. The highest BCUT2D eigenvalue weighted by molar-refractivity contribution is 5.91. The van der Waals surface area contributed by atoms with Crippen LogP contribution < -0.4 is 9.47 Å². The topological polar surface area (TPSA) is 35.5 Å². The molecule has 0 aliphatic rings. The molecule has 0 saturated carbocycles. The molecule has 2 rings (SSSR count). The van der Waals surface area contributed by atoms with Gasteiger partial charge in [0.1, 0.15) is 11.5 Å². The number of aryl methyl sites for hydroxylation is 1. The summed E-state index contributed by atoms with van der Waals surface area (Å²) in [4.78, 5) is 12.4. The number of rotatable bonds is 14. The summed E-state index contributed by atoms with van der Waals surface area (Å²) in [5.74, 6) is 1.04. The lowest BCUT2D eigenvalue weighted by molar-refractivity contribution is 0.0734. The lowest BCUT2D eigenvalue weighted by Crippen LogP contribution is -2.08. The maximum absolute atomic E-state index is 12.4. The fourth-order valence-electron chi connectivity index (χ4n) is 3.23. The second kappa shape index (κ2) is 13.8.